The number of rotatable bonds is 4. The average molecular weight is 459 g/mol. The van der Waals surface area contributed by atoms with Gasteiger partial charge in [-0.1, -0.05) is 51.3 Å². The third kappa shape index (κ3) is 3.36. The predicted molar refractivity (Wildman–Crippen MR) is 119 cm³/mol. The van der Waals surface area contributed by atoms with E-state index in [1.165, 1.54) is 6.42 Å². The van der Waals surface area contributed by atoms with Crippen LogP contribution in [0.25, 0.3) is 0 Å². The van der Waals surface area contributed by atoms with E-state index in [0.717, 1.165) is 25.7 Å². The van der Waals surface area contributed by atoms with Crippen molar-refractivity contribution in [2.45, 2.75) is 75.8 Å². The Bertz CT molecular complexity index is 878. The summed E-state index contributed by atoms with van der Waals surface area (Å²) in [5.41, 5.74) is -1.25. The fourth-order valence-corrected chi connectivity index (χ4v) is 6.62. The highest BCUT2D eigenvalue weighted by Crippen LogP contribution is 2.54. The first-order valence-corrected chi connectivity index (χ1v) is 12.3. The third-order valence-electron chi connectivity index (χ3n) is 8.21. The number of aliphatic hydroxyl groups is 1. The maximum Gasteiger partial charge on any atom is 0.313 e. The molecule has 1 N–H and O–H groups in total. The molecule has 5 aliphatic rings. The van der Waals surface area contributed by atoms with Crippen molar-refractivity contribution >= 4 is 17.8 Å². The minimum absolute atomic E-state index is 0.0743. The predicted octanol–water partition coefficient (Wildman–Crippen LogP) is 1.43. The van der Waals surface area contributed by atoms with Gasteiger partial charge in [0.2, 0.25) is 11.8 Å². The standard InChI is InChI=1S/C25H34N2O6/c1-15(2)17(14-28)27-21-23(30)26(16-8-4-3-5-9-16)12-7-11-25(21)20(22(27)29)19-18(33-25)10-6-13-32-24(19)31/h6-7,10-11,15-21,28H,3-5,8-9,12-14H2,1-2H3/t17-,18-,19+,20-,21?,25-/m0/s1. The van der Waals surface area contributed by atoms with E-state index in [9.17, 15) is 19.5 Å². The van der Waals surface area contributed by atoms with Crippen LogP contribution < -0.4 is 0 Å². The van der Waals surface area contributed by atoms with Crippen LogP contribution in [0.15, 0.2) is 24.3 Å². The molecule has 2 saturated heterocycles. The highest BCUT2D eigenvalue weighted by atomic mass is 16.6. The van der Waals surface area contributed by atoms with Crippen molar-refractivity contribution in [2.75, 3.05) is 19.8 Å². The first-order chi connectivity index (χ1) is 15.9. The molecule has 180 valence electrons. The van der Waals surface area contributed by atoms with Gasteiger partial charge in [0, 0.05) is 12.6 Å². The Morgan fingerprint density at radius 3 is 2.58 bits per heavy atom. The van der Waals surface area contributed by atoms with Gasteiger partial charge in [-0.05, 0) is 24.8 Å². The van der Waals surface area contributed by atoms with Gasteiger partial charge in [0.1, 0.15) is 24.2 Å². The van der Waals surface area contributed by atoms with Gasteiger partial charge in [-0.25, -0.2) is 0 Å². The Morgan fingerprint density at radius 2 is 1.88 bits per heavy atom. The molecule has 0 aromatic heterocycles. The number of amides is 2. The van der Waals surface area contributed by atoms with E-state index >= 15 is 0 Å². The van der Waals surface area contributed by atoms with Gasteiger partial charge in [-0.2, -0.15) is 0 Å². The van der Waals surface area contributed by atoms with Crippen LogP contribution in [-0.2, 0) is 23.9 Å². The lowest BCUT2D eigenvalue weighted by molar-refractivity contribution is -0.156. The molecule has 1 saturated carbocycles. The Labute approximate surface area is 194 Å². The molecule has 2 amide bonds. The molecule has 3 fully saturated rings. The zero-order chi connectivity index (χ0) is 23.3. The second-order valence-electron chi connectivity index (χ2n) is 10.3. The van der Waals surface area contributed by atoms with Gasteiger partial charge in [-0.15, -0.1) is 0 Å². The zero-order valence-electron chi connectivity index (χ0n) is 19.4. The number of likely N-dealkylation sites (tertiary alicyclic amines) is 1. The second-order valence-corrected chi connectivity index (χ2v) is 10.3. The molecule has 4 heterocycles. The number of cyclic esters (lactones) is 1. The first-order valence-electron chi connectivity index (χ1n) is 12.3. The van der Waals surface area contributed by atoms with Crippen LogP contribution in [0.5, 0.6) is 0 Å². The lowest BCUT2D eigenvalue weighted by Gasteiger charge is -2.42. The number of carbonyl (C=O) groups is 3. The molecule has 1 aliphatic carbocycles. The number of nitrogens with zero attached hydrogens (tertiary/aromatic N) is 2. The van der Waals surface area contributed by atoms with Crippen molar-refractivity contribution in [3.63, 3.8) is 0 Å². The van der Waals surface area contributed by atoms with Crippen LogP contribution in [0.4, 0.5) is 0 Å². The van der Waals surface area contributed by atoms with Crippen LogP contribution in [0, 0.1) is 17.8 Å². The van der Waals surface area contributed by atoms with Gasteiger partial charge in [0.15, 0.2) is 0 Å². The maximum absolute atomic E-state index is 14.2. The molecule has 33 heavy (non-hydrogen) atoms. The van der Waals surface area contributed by atoms with Crippen molar-refractivity contribution in [3.8, 4) is 0 Å². The van der Waals surface area contributed by atoms with E-state index in [1.54, 1.807) is 17.1 Å². The van der Waals surface area contributed by atoms with E-state index in [4.69, 9.17) is 9.47 Å². The van der Waals surface area contributed by atoms with Crippen molar-refractivity contribution < 1.29 is 29.0 Å². The van der Waals surface area contributed by atoms with E-state index in [1.807, 2.05) is 30.9 Å². The summed E-state index contributed by atoms with van der Waals surface area (Å²) in [6.07, 6.45) is 11.9. The van der Waals surface area contributed by atoms with Gasteiger partial charge in [0.25, 0.3) is 0 Å². The number of esters is 1. The van der Waals surface area contributed by atoms with Crippen LogP contribution in [-0.4, -0.2) is 82.3 Å². The largest absolute Gasteiger partial charge is 0.461 e. The molecule has 4 aliphatic heterocycles. The summed E-state index contributed by atoms with van der Waals surface area (Å²) in [5.74, 6) is -2.67. The molecule has 0 aromatic rings. The summed E-state index contributed by atoms with van der Waals surface area (Å²) in [5, 5.41) is 10.2. The number of hydrogen-bond acceptors (Lipinski definition) is 6. The summed E-state index contributed by atoms with van der Waals surface area (Å²) >= 11 is 0. The lowest BCUT2D eigenvalue weighted by atomic mass is 9.78. The summed E-state index contributed by atoms with van der Waals surface area (Å²) in [4.78, 5) is 44.6. The first kappa shape index (κ1) is 22.6. The highest BCUT2D eigenvalue weighted by molar-refractivity contribution is 5.99. The smallest absolute Gasteiger partial charge is 0.313 e. The van der Waals surface area contributed by atoms with Crippen molar-refractivity contribution in [1.82, 2.24) is 9.80 Å². The van der Waals surface area contributed by atoms with Gasteiger partial charge >= 0.3 is 5.97 Å². The molecule has 1 spiro atoms. The van der Waals surface area contributed by atoms with Crippen LogP contribution in [0.3, 0.4) is 0 Å². The summed E-state index contributed by atoms with van der Waals surface area (Å²) in [7, 11) is 0. The summed E-state index contributed by atoms with van der Waals surface area (Å²) in [6, 6.07) is -1.33. The number of ether oxygens (including phenoxy) is 2. The molecule has 0 bridgehead atoms. The molecule has 5 rings (SSSR count). The van der Waals surface area contributed by atoms with Gasteiger partial charge < -0.3 is 24.4 Å². The highest BCUT2D eigenvalue weighted by Gasteiger charge is 2.72. The Morgan fingerprint density at radius 1 is 1.12 bits per heavy atom. The van der Waals surface area contributed by atoms with Gasteiger partial charge in [-0.3, -0.25) is 14.4 Å². The van der Waals surface area contributed by atoms with Crippen LogP contribution in [0.1, 0.15) is 46.0 Å². The monoisotopic (exact) mass is 458 g/mol. The average Bonchev–Trinajstić information content (AvgIpc) is 3.09. The number of carbonyl (C=O) groups excluding carboxylic acids is 3. The normalized spacial score (nSPS) is 37.5. The molecular weight excluding hydrogens is 424 g/mol. The quantitative estimate of drug-likeness (QED) is 0.506. The maximum atomic E-state index is 14.2. The van der Waals surface area contributed by atoms with Crippen LogP contribution in [0.2, 0.25) is 0 Å². The fraction of sp³-hybridized carbons (Fsp3) is 0.720. The van der Waals surface area contributed by atoms with E-state index in [-0.39, 0.29) is 37.0 Å². The molecule has 8 heteroatoms. The molecular formula is C25H34N2O6. The summed E-state index contributed by atoms with van der Waals surface area (Å²) < 4.78 is 11.9. The number of hydrogen-bond donors (Lipinski definition) is 1. The van der Waals surface area contributed by atoms with Gasteiger partial charge in [0.05, 0.1) is 24.7 Å². The topological polar surface area (TPSA) is 96.4 Å². The zero-order valence-corrected chi connectivity index (χ0v) is 19.4. The molecule has 6 atom stereocenters. The van der Waals surface area contributed by atoms with Crippen LogP contribution >= 0.6 is 0 Å². The SMILES string of the molecule is CC(C)[C@H](CO)N1C(=O)[C@@H]2[C@@H]3C(=O)OCC=C[C@@H]3O[C@@]23C=CCN(C2CCCCC2)C(=O)C13. The number of aliphatic hydroxyl groups excluding tert-OH is 1. The third-order valence-corrected chi connectivity index (χ3v) is 8.21. The lowest BCUT2D eigenvalue weighted by Crippen LogP contribution is -2.60. The molecule has 8 nitrogen and oxygen atoms in total. The number of fused-ring (bicyclic) bond motifs is 2. The fourth-order valence-electron chi connectivity index (χ4n) is 6.62. The molecule has 0 radical (unpaired) electrons. The second kappa shape index (κ2) is 8.55. The van der Waals surface area contributed by atoms with Crippen molar-refractivity contribution in [2.24, 2.45) is 17.8 Å². The molecule has 1 unspecified atom stereocenters. The van der Waals surface area contributed by atoms with E-state index in [2.05, 4.69) is 0 Å². The van der Waals surface area contributed by atoms with E-state index in [0.29, 0.717) is 6.54 Å². The minimum Gasteiger partial charge on any atom is -0.461 e. The van der Waals surface area contributed by atoms with E-state index < -0.39 is 41.6 Å². The summed E-state index contributed by atoms with van der Waals surface area (Å²) in [6.45, 7) is 4.20. The Kier molecular flexibility index (Phi) is 5.85. The Balaban J connectivity index is 1.62. The Hall–Kier alpha value is -2.19. The van der Waals surface area contributed by atoms with Crippen molar-refractivity contribution in [1.29, 1.82) is 0 Å². The molecule has 0 aromatic carbocycles. The minimum atomic E-state index is -1.25. The van der Waals surface area contributed by atoms with Crippen molar-refractivity contribution in [3.05, 3.63) is 24.3 Å².